The number of ether oxygens (including phenoxy) is 1. The predicted molar refractivity (Wildman–Crippen MR) is 107 cm³/mol. The Bertz CT molecular complexity index is 905. The minimum atomic E-state index is -0.419. The van der Waals surface area contributed by atoms with Crippen LogP contribution in [0.15, 0.2) is 42.5 Å². The fraction of sp³-hybridized carbons (Fsp3) is 0.318. The van der Waals surface area contributed by atoms with Gasteiger partial charge in [-0.05, 0) is 62.2 Å². The molecule has 146 valence electrons. The molecule has 1 aliphatic rings. The molecule has 6 nitrogen and oxygen atoms in total. The zero-order valence-electron chi connectivity index (χ0n) is 16.3. The molecule has 2 aromatic carbocycles. The van der Waals surface area contributed by atoms with Crippen LogP contribution in [-0.2, 0) is 14.3 Å². The second-order valence-corrected chi connectivity index (χ2v) is 6.98. The maximum absolute atomic E-state index is 12.6. The van der Waals surface area contributed by atoms with Crippen molar-refractivity contribution >= 4 is 29.2 Å². The Morgan fingerprint density at radius 3 is 2.54 bits per heavy atom. The van der Waals surface area contributed by atoms with E-state index in [2.05, 4.69) is 5.32 Å². The summed E-state index contributed by atoms with van der Waals surface area (Å²) in [5.74, 6) is -1.07. The summed E-state index contributed by atoms with van der Waals surface area (Å²) in [4.78, 5) is 38.5. The molecule has 3 rings (SSSR count). The number of benzene rings is 2. The van der Waals surface area contributed by atoms with Gasteiger partial charge in [0.1, 0.15) is 0 Å². The molecule has 1 unspecified atom stereocenters. The summed E-state index contributed by atoms with van der Waals surface area (Å²) in [5, 5.41) is 2.83. The summed E-state index contributed by atoms with van der Waals surface area (Å²) >= 11 is 0. The minimum absolute atomic E-state index is 0.0495. The molecular weight excluding hydrogens is 356 g/mol. The molecular formula is C22H24N2O4. The van der Waals surface area contributed by atoms with E-state index in [4.69, 9.17) is 4.74 Å². The van der Waals surface area contributed by atoms with E-state index in [1.807, 2.05) is 32.0 Å². The quantitative estimate of drug-likeness (QED) is 0.806. The number of hydrogen-bond donors (Lipinski definition) is 1. The van der Waals surface area contributed by atoms with Crippen molar-refractivity contribution in [2.45, 2.75) is 27.2 Å². The standard InChI is InChI=1S/C22H24N2O4/c1-4-28-22(27)16-7-9-18(10-8-16)23-21(26)17-12-20(25)24(13-17)19-11-14(2)5-6-15(19)3/h5-11,17H,4,12-13H2,1-3H3,(H,23,26). The molecule has 1 atom stereocenters. The van der Waals surface area contributed by atoms with Crippen LogP contribution >= 0.6 is 0 Å². The van der Waals surface area contributed by atoms with Gasteiger partial charge in [-0.25, -0.2) is 4.79 Å². The highest BCUT2D eigenvalue weighted by atomic mass is 16.5. The Kier molecular flexibility index (Phi) is 5.78. The average Bonchev–Trinajstić information content (AvgIpc) is 3.06. The van der Waals surface area contributed by atoms with Gasteiger partial charge in [-0.15, -0.1) is 0 Å². The maximum Gasteiger partial charge on any atom is 0.338 e. The van der Waals surface area contributed by atoms with Gasteiger partial charge in [0.15, 0.2) is 0 Å². The number of carbonyl (C=O) groups excluding carboxylic acids is 3. The van der Waals surface area contributed by atoms with Crippen molar-refractivity contribution in [2.75, 3.05) is 23.4 Å². The zero-order valence-corrected chi connectivity index (χ0v) is 16.3. The van der Waals surface area contributed by atoms with Gasteiger partial charge in [-0.3, -0.25) is 9.59 Å². The molecule has 1 N–H and O–H groups in total. The molecule has 0 aromatic heterocycles. The third-order valence-electron chi connectivity index (χ3n) is 4.81. The van der Waals surface area contributed by atoms with Crippen molar-refractivity contribution in [1.82, 2.24) is 0 Å². The first-order valence-corrected chi connectivity index (χ1v) is 9.34. The first-order valence-electron chi connectivity index (χ1n) is 9.34. The second-order valence-electron chi connectivity index (χ2n) is 6.98. The molecule has 0 radical (unpaired) electrons. The Morgan fingerprint density at radius 1 is 1.14 bits per heavy atom. The summed E-state index contributed by atoms with van der Waals surface area (Å²) in [6.45, 7) is 6.35. The zero-order chi connectivity index (χ0) is 20.3. The summed E-state index contributed by atoms with van der Waals surface area (Å²) in [5.41, 5.74) is 3.95. The molecule has 2 aromatic rings. The van der Waals surface area contributed by atoms with Gasteiger partial charge in [0.25, 0.3) is 0 Å². The fourth-order valence-electron chi connectivity index (χ4n) is 3.27. The molecule has 1 fully saturated rings. The number of nitrogens with one attached hydrogen (secondary N) is 1. The van der Waals surface area contributed by atoms with E-state index in [-0.39, 0.29) is 18.2 Å². The first kappa shape index (κ1) is 19.6. The Hall–Kier alpha value is -3.15. The molecule has 1 aliphatic heterocycles. The van der Waals surface area contributed by atoms with Crippen molar-refractivity contribution in [1.29, 1.82) is 0 Å². The molecule has 6 heteroatoms. The molecule has 1 heterocycles. The Labute approximate surface area is 164 Å². The van der Waals surface area contributed by atoms with Crippen LogP contribution in [0.1, 0.15) is 34.8 Å². The highest BCUT2D eigenvalue weighted by Crippen LogP contribution is 2.29. The number of aryl methyl sites for hydroxylation is 2. The highest BCUT2D eigenvalue weighted by molar-refractivity contribution is 6.04. The van der Waals surface area contributed by atoms with Crippen molar-refractivity contribution in [3.05, 3.63) is 59.2 Å². The maximum atomic E-state index is 12.6. The van der Waals surface area contributed by atoms with Gasteiger partial charge < -0.3 is 15.0 Å². The molecule has 0 spiro atoms. The summed E-state index contributed by atoms with van der Waals surface area (Å²) < 4.78 is 4.94. The number of nitrogens with zero attached hydrogens (tertiary/aromatic N) is 1. The molecule has 1 saturated heterocycles. The predicted octanol–water partition coefficient (Wildman–Crippen LogP) is 3.47. The largest absolute Gasteiger partial charge is 0.462 e. The fourth-order valence-corrected chi connectivity index (χ4v) is 3.27. The van der Waals surface area contributed by atoms with Crippen molar-refractivity contribution in [2.24, 2.45) is 5.92 Å². The van der Waals surface area contributed by atoms with Crippen LogP contribution in [0.25, 0.3) is 0 Å². The van der Waals surface area contributed by atoms with Gasteiger partial charge in [-0.1, -0.05) is 12.1 Å². The average molecular weight is 380 g/mol. The van der Waals surface area contributed by atoms with Crippen LogP contribution in [0.5, 0.6) is 0 Å². The SMILES string of the molecule is CCOC(=O)c1ccc(NC(=O)C2CC(=O)N(c3cc(C)ccc3C)C2)cc1. The van der Waals surface area contributed by atoms with Crippen molar-refractivity contribution < 1.29 is 19.1 Å². The van der Waals surface area contributed by atoms with Crippen molar-refractivity contribution in [3.63, 3.8) is 0 Å². The smallest absolute Gasteiger partial charge is 0.338 e. The van der Waals surface area contributed by atoms with Crippen LogP contribution in [-0.4, -0.2) is 30.9 Å². The number of carbonyl (C=O) groups is 3. The van der Waals surface area contributed by atoms with Gasteiger partial charge in [0.2, 0.25) is 11.8 Å². The lowest BCUT2D eigenvalue weighted by Gasteiger charge is -2.19. The number of esters is 1. The lowest BCUT2D eigenvalue weighted by atomic mass is 10.1. The van der Waals surface area contributed by atoms with Crippen LogP contribution < -0.4 is 10.2 Å². The summed E-state index contributed by atoms with van der Waals surface area (Å²) in [6.07, 6.45) is 0.181. The number of rotatable bonds is 5. The Morgan fingerprint density at radius 2 is 1.86 bits per heavy atom. The van der Waals surface area contributed by atoms with Crippen LogP contribution in [0.4, 0.5) is 11.4 Å². The third-order valence-corrected chi connectivity index (χ3v) is 4.81. The van der Waals surface area contributed by atoms with E-state index in [9.17, 15) is 14.4 Å². The Balaban J connectivity index is 1.66. The number of amides is 2. The van der Waals surface area contributed by atoms with E-state index in [0.717, 1.165) is 16.8 Å². The molecule has 0 aliphatic carbocycles. The summed E-state index contributed by atoms with van der Waals surface area (Å²) in [7, 11) is 0. The molecule has 2 amide bonds. The molecule has 0 bridgehead atoms. The topological polar surface area (TPSA) is 75.7 Å². The number of anilines is 2. The van der Waals surface area contributed by atoms with Crippen LogP contribution in [0.2, 0.25) is 0 Å². The third kappa shape index (κ3) is 4.22. The van der Waals surface area contributed by atoms with E-state index in [1.54, 1.807) is 36.1 Å². The van der Waals surface area contributed by atoms with Crippen molar-refractivity contribution in [3.8, 4) is 0 Å². The first-order chi connectivity index (χ1) is 13.4. The van der Waals surface area contributed by atoms with E-state index >= 15 is 0 Å². The lowest BCUT2D eigenvalue weighted by Crippen LogP contribution is -2.28. The second kappa shape index (κ2) is 8.25. The highest BCUT2D eigenvalue weighted by Gasteiger charge is 2.35. The van der Waals surface area contributed by atoms with E-state index < -0.39 is 11.9 Å². The van der Waals surface area contributed by atoms with Gasteiger partial charge >= 0.3 is 5.97 Å². The van der Waals surface area contributed by atoms with E-state index in [1.165, 1.54) is 0 Å². The van der Waals surface area contributed by atoms with Crippen LogP contribution in [0.3, 0.4) is 0 Å². The summed E-state index contributed by atoms with van der Waals surface area (Å²) in [6, 6.07) is 12.5. The van der Waals surface area contributed by atoms with Gasteiger partial charge in [0, 0.05) is 24.3 Å². The number of hydrogen-bond acceptors (Lipinski definition) is 4. The molecule has 28 heavy (non-hydrogen) atoms. The van der Waals surface area contributed by atoms with Crippen LogP contribution in [0, 0.1) is 19.8 Å². The van der Waals surface area contributed by atoms with Gasteiger partial charge in [0.05, 0.1) is 18.1 Å². The van der Waals surface area contributed by atoms with Gasteiger partial charge in [-0.2, -0.15) is 0 Å². The lowest BCUT2D eigenvalue weighted by molar-refractivity contribution is -0.122. The monoisotopic (exact) mass is 380 g/mol. The molecule has 0 saturated carbocycles. The normalized spacial score (nSPS) is 16.2. The van der Waals surface area contributed by atoms with E-state index in [0.29, 0.717) is 24.4 Å². The minimum Gasteiger partial charge on any atom is -0.462 e.